The minimum Gasteiger partial charge on any atom is -0.323 e. The molecule has 1 saturated heterocycles. The van der Waals surface area contributed by atoms with E-state index in [0.29, 0.717) is 25.1 Å². The number of nitrogens with zero attached hydrogens (tertiary/aromatic N) is 4. The smallest absolute Gasteiger partial charge is 0.242 e. The van der Waals surface area contributed by atoms with Gasteiger partial charge in [0, 0.05) is 18.0 Å². The van der Waals surface area contributed by atoms with Crippen LogP contribution in [0, 0.1) is 0 Å². The summed E-state index contributed by atoms with van der Waals surface area (Å²) < 4.78 is 28.2. The molecule has 3 rings (SSSR count). The van der Waals surface area contributed by atoms with Crippen molar-refractivity contribution in [3.63, 3.8) is 0 Å². The maximum Gasteiger partial charge on any atom is 0.242 e. The van der Waals surface area contributed by atoms with Crippen molar-refractivity contribution >= 4 is 32.7 Å². The van der Waals surface area contributed by atoms with Crippen molar-refractivity contribution in [2.24, 2.45) is 0 Å². The fourth-order valence-corrected chi connectivity index (χ4v) is 5.23. The third-order valence-corrected chi connectivity index (χ3v) is 6.84. The van der Waals surface area contributed by atoms with Gasteiger partial charge in [0.25, 0.3) is 0 Å². The zero-order valence-electron chi connectivity index (χ0n) is 16.1. The largest absolute Gasteiger partial charge is 0.323 e. The fraction of sp³-hybridized carbons (Fsp3) is 0.611. The second kappa shape index (κ2) is 7.93. The Morgan fingerprint density at radius 3 is 2.81 bits per heavy atom. The van der Waals surface area contributed by atoms with Crippen LogP contribution in [-0.4, -0.2) is 51.7 Å². The van der Waals surface area contributed by atoms with Crippen LogP contribution in [0.5, 0.6) is 0 Å². The zero-order valence-corrected chi connectivity index (χ0v) is 16.9. The third kappa shape index (κ3) is 4.14. The maximum atomic E-state index is 12.8. The number of sulfonamides is 1. The summed E-state index contributed by atoms with van der Waals surface area (Å²) in [6.07, 6.45) is 6.01. The van der Waals surface area contributed by atoms with Crippen molar-refractivity contribution in [1.82, 2.24) is 19.1 Å². The molecule has 1 amide bonds. The topological polar surface area (TPSA) is 97.2 Å². The number of carbonyl (C=O) groups is 1. The van der Waals surface area contributed by atoms with Crippen LogP contribution in [0.3, 0.4) is 0 Å². The molecule has 1 atom stereocenters. The lowest BCUT2D eigenvalue weighted by molar-refractivity contribution is -0.120. The van der Waals surface area contributed by atoms with E-state index >= 15 is 0 Å². The number of rotatable bonds is 6. The summed E-state index contributed by atoms with van der Waals surface area (Å²) in [4.78, 5) is 17.2. The molecule has 0 aromatic carbocycles. The van der Waals surface area contributed by atoms with E-state index in [1.807, 2.05) is 31.5 Å². The summed E-state index contributed by atoms with van der Waals surface area (Å²) in [5, 5.41) is 8.00. The molecule has 0 spiro atoms. The summed E-state index contributed by atoms with van der Waals surface area (Å²) >= 11 is 0. The van der Waals surface area contributed by atoms with E-state index in [9.17, 15) is 13.2 Å². The zero-order chi connectivity index (χ0) is 19.6. The number of hydrogen-bond acceptors (Lipinski definition) is 5. The van der Waals surface area contributed by atoms with Crippen molar-refractivity contribution < 1.29 is 13.2 Å². The normalized spacial score (nSPS) is 18.9. The first-order valence-corrected chi connectivity index (χ1v) is 11.1. The van der Waals surface area contributed by atoms with E-state index in [4.69, 9.17) is 0 Å². The second-order valence-corrected chi connectivity index (χ2v) is 9.29. The standard InChI is InChI=1S/C18H27N5O3S/c1-4-9-27(25,26)22-8-6-5-7-16(22)18(24)21-15-10-14-11-20-23(13(2)3)17(14)19-12-15/h10-13,16H,4-9H2,1-3H3,(H,21,24). The van der Waals surface area contributed by atoms with Crippen molar-refractivity contribution in [1.29, 1.82) is 0 Å². The lowest BCUT2D eigenvalue weighted by atomic mass is 10.0. The van der Waals surface area contributed by atoms with E-state index in [1.165, 1.54) is 4.31 Å². The van der Waals surface area contributed by atoms with Gasteiger partial charge in [-0.2, -0.15) is 9.40 Å². The number of aromatic nitrogens is 3. The van der Waals surface area contributed by atoms with Gasteiger partial charge in [-0.15, -0.1) is 0 Å². The Hall–Kier alpha value is -2.00. The van der Waals surface area contributed by atoms with Gasteiger partial charge in [-0.25, -0.2) is 18.1 Å². The highest BCUT2D eigenvalue weighted by atomic mass is 32.2. The fourth-order valence-electron chi connectivity index (χ4n) is 3.49. The molecule has 27 heavy (non-hydrogen) atoms. The van der Waals surface area contributed by atoms with Gasteiger partial charge in [0.1, 0.15) is 6.04 Å². The van der Waals surface area contributed by atoms with E-state index in [1.54, 1.807) is 12.4 Å². The van der Waals surface area contributed by atoms with Crippen LogP contribution in [0.2, 0.25) is 0 Å². The van der Waals surface area contributed by atoms with Gasteiger partial charge >= 0.3 is 0 Å². The highest BCUT2D eigenvalue weighted by Crippen LogP contribution is 2.24. The summed E-state index contributed by atoms with van der Waals surface area (Å²) in [6.45, 7) is 6.28. The van der Waals surface area contributed by atoms with E-state index < -0.39 is 16.1 Å². The van der Waals surface area contributed by atoms with Crippen LogP contribution >= 0.6 is 0 Å². The molecule has 3 heterocycles. The first kappa shape index (κ1) is 19.8. The molecule has 148 valence electrons. The highest BCUT2D eigenvalue weighted by molar-refractivity contribution is 7.89. The van der Waals surface area contributed by atoms with Crippen LogP contribution < -0.4 is 5.32 Å². The molecule has 0 aliphatic carbocycles. The van der Waals surface area contributed by atoms with Crippen molar-refractivity contribution in [2.45, 2.75) is 58.5 Å². The molecule has 0 bridgehead atoms. The molecule has 9 heteroatoms. The van der Waals surface area contributed by atoms with Crippen LogP contribution in [-0.2, 0) is 14.8 Å². The Morgan fingerprint density at radius 2 is 2.11 bits per heavy atom. The Balaban J connectivity index is 1.80. The van der Waals surface area contributed by atoms with Crippen molar-refractivity contribution in [3.8, 4) is 0 Å². The molecule has 1 aliphatic heterocycles. The van der Waals surface area contributed by atoms with E-state index in [-0.39, 0.29) is 17.7 Å². The molecule has 1 N–H and O–H groups in total. The molecule has 8 nitrogen and oxygen atoms in total. The summed E-state index contributed by atoms with van der Waals surface area (Å²) in [7, 11) is -3.42. The summed E-state index contributed by atoms with van der Waals surface area (Å²) in [6, 6.07) is 1.35. The van der Waals surface area contributed by atoms with Gasteiger partial charge in [-0.1, -0.05) is 13.3 Å². The van der Waals surface area contributed by atoms with Crippen LogP contribution in [0.15, 0.2) is 18.5 Å². The Kier molecular flexibility index (Phi) is 5.81. The Labute approximate surface area is 160 Å². The number of carbonyl (C=O) groups excluding carboxylic acids is 1. The molecule has 1 aliphatic rings. The molecule has 1 unspecified atom stereocenters. The summed E-state index contributed by atoms with van der Waals surface area (Å²) in [5.74, 6) is -0.231. The minimum atomic E-state index is -3.42. The van der Waals surface area contributed by atoms with Crippen molar-refractivity contribution in [3.05, 3.63) is 18.5 Å². The van der Waals surface area contributed by atoms with Crippen LogP contribution in [0.4, 0.5) is 5.69 Å². The predicted molar refractivity (Wildman–Crippen MR) is 105 cm³/mol. The molecule has 1 fully saturated rings. The quantitative estimate of drug-likeness (QED) is 0.813. The average molecular weight is 394 g/mol. The van der Waals surface area contributed by atoms with Gasteiger partial charge < -0.3 is 5.32 Å². The molecular weight excluding hydrogens is 366 g/mol. The van der Waals surface area contributed by atoms with E-state index in [0.717, 1.165) is 23.9 Å². The highest BCUT2D eigenvalue weighted by Gasteiger charge is 2.36. The van der Waals surface area contributed by atoms with Crippen molar-refractivity contribution in [2.75, 3.05) is 17.6 Å². The maximum absolute atomic E-state index is 12.8. The van der Waals surface area contributed by atoms with Gasteiger partial charge in [0.15, 0.2) is 5.65 Å². The number of hydrogen-bond donors (Lipinski definition) is 1. The number of amides is 1. The van der Waals surface area contributed by atoms with Gasteiger partial charge in [0.05, 0.1) is 23.8 Å². The lowest BCUT2D eigenvalue weighted by Gasteiger charge is -2.33. The number of nitrogens with one attached hydrogen (secondary N) is 1. The minimum absolute atomic E-state index is 0.0681. The lowest BCUT2D eigenvalue weighted by Crippen LogP contribution is -2.50. The molecule has 0 radical (unpaired) electrons. The molecule has 2 aromatic rings. The third-order valence-electron chi connectivity index (χ3n) is 4.77. The Bertz CT molecular complexity index is 922. The average Bonchev–Trinajstić information content (AvgIpc) is 3.05. The van der Waals surface area contributed by atoms with Gasteiger partial charge in [0.2, 0.25) is 15.9 Å². The van der Waals surface area contributed by atoms with Gasteiger partial charge in [-0.05, 0) is 39.2 Å². The molecule has 0 saturated carbocycles. The first-order chi connectivity index (χ1) is 12.8. The second-order valence-electron chi connectivity index (χ2n) is 7.25. The number of fused-ring (bicyclic) bond motifs is 1. The van der Waals surface area contributed by atoms with Crippen LogP contribution in [0.25, 0.3) is 11.0 Å². The van der Waals surface area contributed by atoms with Gasteiger partial charge in [-0.3, -0.25) is 4.79 Å². The molecule has 2 aromatic heterocycles. The summed E-state index contributed by atoms with van der Waals surface area (Å²) in [5.41, 5.74) is 1.31. The molecular formula is C18H27N5O3S. The Morgan fingerprint density at radius 1 is 1.33 bits per heavy atom. The number of piperidine rings is 1. The SMILES string of the molecule is CCCS(=O)(=O)N1CCCCC1C(=O)Nc1cnc2c(cnn2C(C)C)c1. The monoisotopic (exact) mass is 393 g/mol. The predicted octanol–water partition coefficient (Wildman–Crippen LogP) is 2.54. The van der Waals surface area contributed by atoms with Crippen LogP contribution in [0.1, 0.15) is 52.5 Å². The number of pyridine rings is 1. The first-order valence-electron chi connectivity index (χ1n) is 9.47. The van der Waals surface area contributed by atoms with E-state index in [2.05, 4.69) is 15.4 Å². The number of anilines is 1.